The van der Waals surface area contributed by atoms with Crippen LogP contribution in [0, 0.1) is 17.1 Å². The number of fused-ring (bicyclic) bond motifs is 1. The molecule has 6 rings (SSSR count). The molecule has 13 heteroatoms. The number of aromatic nitrogens is 1. The number of nitrogens with one attached hydrogen (secondary N) is 4. The van der Waals surface area contributed by atoms with Crippen LogP contribution >= 0.6 is 23.2 Å². The van der Waals surface area contributed by atoms with Gasteiger partial charge in [0.05, 0.1) is 45.6 Å². The van der Waals surface area contributed by atoms with E-state index in [0.717, 1.165) is 19.1 Å². The lowest BCUT2D eigenvalue weighted by molar-refractivity contribution is 0.260. The summed E-state index contributed by atoms with van der Waals surface area (Å²) in [4.78, 5) is 4.24. The third-order valence-corrected chi connectivity index (χ3v) is 8.74. The second kappa shape index (κ2) is 11.0. The van der Waals surface area contributed by atoms with E-state index in [-0.39, 0.29) is 31.9 Å². The predicted molar refractivity (Wildman–Crippen MR) is 161 cm³/mol. The summed E-state index contributed by atoms with van der Waals surface area (Å²) in [5, 5.41) is 18.8. The number of rotatable bonds is 8. The molecule has 42 heavy (non-hydrogen) atoms. The van der Waals surface area contributed by atoms with Gasteiger partial charge in [-0.3, -0.25) is 9.99 Å². The Bertz CT molecular complexity index is 1950. The lowest BCUT2D eigenvalue weighted by atomic mass is 10.0. The molecule has 1 aromatic heterocycles. The molecule has 1 aliphatic heterocycles. The van der Waals surface area contributed by atoms with Crippen LogP contribution < -0.4 is 21.6 Å². The summed E-state index contributed by atoms with van der Waals surface area (Å²) in [6.07, 6.45) is 6.23. The van der Waals surface area contributed by atoms with Gasteiger partial charge in [-0.2, -0.15) is 5.26 Å². The van der Waals surface area contributed by atoms with Crippen LogP contribution in [0.4, 0.5) is 21.5 Å². The van der Waals surface area contributed by atoms with E-state index in [1.165, 1.54) is 36.5 Å². The molecule has 3 aromatic carbocycles. The van der Waals surface area contributed by atoms with Crippen molar-refractivity contribution in [3.05, 3.63) is 99.7 Å². The van der Waals surface area contributed by atoms with Gasteiger partial charge in [-0.15, -0.1) is 5.53 Å². The smallest absolute Gasteiger partial charge is 0.179 e. The Morgan fingerprint density at radius 3 is 2.64 bits per heavy atom. The fourth-order valence-corrected chi connectivity index (χ4v) is 6.53. The molecule has 1 fully saturated rings. The summed E-state index contributed by atoms with van der Waals surface area (Å²) in [7, 11) is -3.75. The van der Waals surface area contributed by atoms with Crippen molar-refractivity contribution in [1.29, 1.82) is 5.26 Å². The number of nitrogens with zero attached hydrogens (tertiary/aromatic N) is 3. The molecule has 4 N–H and O–H groups in total. The average molecular weight is 626 g/mol. The molecule has 1 saturated carbocycles. The minimum absolute atomic E-state index is 0.0224. The third-order valence-electron chi connectivity index (χ3n) is 6.84. The number of halogens is 3. The fourth-order valence-electron chi connectivity index (χ4n) is 4.73. The van der Waals surface area contributed by atoms with Gasteiger partial charge >= 0.3 is 0 Å². The van der Waals surface area contributed by atoms with Gasteiger partial charge in [0, 0.05) is 35.8 Å². The van der Waals surface area contributed by atoms with Crippen molar-refractivity contribution in [2.75, 3.05) is 16.9 Å². The van der Waals surface area contributed by atoms with Crippen molar-refractivity contribution in [3.8, 4) is 6.07 Å². The van der Waals surface area contributed by atoms with E-state index in [2.05, 4.69) is 32.6 Å². The number of nitriles is 1. The van der Waals surface area contributed by atoms with Crippen molar-refractivity contribution in [2.24, 2.45) is 0 Å². The molecule has 0 radical (unpaired) electrons. The van der Waals surface area contributed by atoms with Crippen molar-refractivity contribution in [2.45, 2.75) is 29.8 Å². The maximum Gasteiger partial charge on any atom is 0.179 e. The van der Waals surface area contributed by atoms with Crippen molar-refractivity contribution in [1.82, 2.24) is 21.0 Å². The number of benzene rings is 3. The van der Waals surface area contributed by atoms with E-state index in [1.54, 1.807) is 30.5 Å². The van der Waals surface area contributed by atoms with Crippen LogP contribution in [0.25, 0.3) is 10.9 Å². The fraction of sp³-hybridized carbons (Fsp3) is 0.172. The van der Waals surface area contributed by atoms with Gasteiger partial charge in [0.25, 0.3) is 0 Å². The molecule has 214 valence electrons. The summed E-state index contributed by atoms with van der Waals surface area (Å²) in [5.41, 5.74) is 8.32. The van der Waals surface area contributed by atoms with E-state index in [1.807, 2.05) is 5.01 Å². The molecule has 0 saturated heterocycles. The molecule has 0 bridgehead atoms. The van der Waals surface area contributed by atoms with Crippen LogP contribution in [-0.2, 0) is 9.84 Å². The Morgan fingerprint density at radius 1 is 1.19 bits per heavy atom. The summed E-state index contributed by atoms with van der Waals surface area (Å²) in [6.45, 7) is 0. The third kappa shape index (κ3) is 5.54. The highest BCUT2D eigenvalue weighted by atomic mass is 35.5. The zero-order chi connectivity index (χ0) is 30.5. The number of sulfone groups is 1. The van der Waals surface area contributed by atoms with E-state index in [4.69, 9.17) is 23.2 Å². The van der Waals surface area contributed by atoms with Crippen molar-refractivity contribution < 1.29 is 14.2 Å². The lowest BCUT2D eigenvalue weighted by Crippen LogP contribution is -2.38. The van der Waals surface area contributed by atoms with Crippen molar-refractivity contribution >= 4 is 61.0 Å². The van der Waals surface area contributed by atoms with Gasteiger partial charge in [0.15, 0.2) is 9.84 Å². The maximum absolute atomic E-state index is 13.9. The Hall–Kier alpha value is -4.08. The molecule has 4 aromatic rings. The summed E-state index contributed by atoms with van der Waals surface area (Å²) in [5.74, 6) is -0.439. The zero-order valence-corrected chi connectivity index (χ0v) is 24.4. The Labute approximate surface area is 253 Å². The largest absolute Gasteiger partial charge is 0.373 e. The van der Waals surface area contributed by atoms with Crippen LogP contribution in [0.5, 0.6) is 0 Å². The first-order valence-corrected chi connectivity index (χ1v) is 15.5. The van der Waals surface area contributed by atoms with Gasteiger partial charge in [0.1, 0.15) is 16.8 Å². The average Bonchev–Trinajstić information content (AvgIpc) is 3.68. The van der Waals surface area contributed by atoms with Crippen LogP contribution in [0.15, 0.2) is 77.6 Å². The second-order valence-electron chi connectivity index (χ2n) is 9.95. The number of hydrogen-bond acceptors (Lipinski definition) is 9. The topological polar surface area (TPSA) is 122 Å². The predicted octanol–water partition coefficient (Wildman–Crippen LogP) is 6.18. The highest BCUT2D eigenvalue weighted by Crippen LogP contribution is 2.39. The maximum atomic E-state index is 13.9. The second-order valence-corrected chi connectivity index (χ2v) is 12.7. The molecule has 0 amide bonds. The van der Waals surface area contributed by atoms with E-state index < -0.39 is 21.7 Å². The first-order valence-electron chi connectivity index (χ1n) is 13.3. The Kier molecular flexibility index (Phi) is 6.99. The van der Waals surface area contributed by atoms with E-state index in [9.17, 15) is 19.4 Å². The molecule has 1 aliphatic carbocycles. The van der Waals surface area contributed by atoms with Gasteiger partial charge in [0.2, 0.25) is 0 Å². The first-order chi connectivity index (χ1) is 20.5. The molecule has 1 unspecified atom stereocenters. The number of pyridine rings is 1. The highest BCUT2D eigenvalue weighted by Gasteiger charge is 2.32. The van der Waals surface area contributed by atoms with Gasteiger partial charge in [-0.05, 0) is 54.8 Å². The summed E-state index contributed by atoms with van der Waals surface area (Å²) >= 11 is 13.0. The summed E-state index contributed by atoms with van der Waals surface area (Å²) < 4.78 is 48.7. The van der Waals surface area contributed by atoms with Crippen LogP contribution in [0.1, 0.15) is 31.4 Å². The van der Waals surface area contributed by atoms with E-state index >= 15 is 0 Å². The normalized spacial score (nSPS) is 16.7. The van der Waals surface area contributed by atoms with E-state index in [0.29, 0.717) is 33.9 Å². The van der Waals surface area contributed by atoms with Gasteiger partial charge in [-0.25, -0.2) is 12.8 Å². The van der Waals surface area contributed by atoms with Gasteiger partial charge < -0.3 is 16.1 Å². The van der Waals surface area contributed by atoms with Crippen molar-refractivity contribution in [3.63, 3.8) is 0 Å². The SMILES string of the molecule is [2H]C(Nc1cc(Cl)c2ncc(C#N)c(Nc3cccc(Cl)c3S(C)(=O)=O)c2c1)(C1=CN(C2CC2)NN1)c1ccc(F)cc1. The number of hydrogen-bond donors (Lipinski definition) is 4. The molecule has 1 atom stereocenters. The monoisotopic (exact) mass is 624 g/mol. The molecule has 2 aliphatic rings. The quantitative estimate of drug-likeness (QED) is 0.182. The summed E-state index contributed by atoms with van der Waals surface area (Å²) in [6, 6.07) is 14.2. The van der Waals surface area contributed by atoms with Gasteiger partial charge in [-0.1, -0.05) is 41.4 Å². The minimum atomic E-state index is -3.75. The first kappa shape index (κ1) is 26.8. The number of hydrazine groups is 2. The molecule has 0 spiro atoms. The van der Waals surface area contributed by atoms with Crippen LogP contribution in [0.3, 0.4) is 0 Å². The Balaban J connectivity index is 1.49. The standard InChI is InChI=1S/C29H24Cl2FN7O2S/c1-42(40,41)29-22(30)3-2-4-24(29)36-26-17(13-33)14-34-28-21(26)11-19(12-23(28)31)35-27(16-5-7-18(32)8-6-16)25-15-39(38-37-25)20-9-10-20/h2-8,11-12,14-15,20,27,35,37-38H,9-10H2,1H3,(H,34,36)/i27D. The molecule has 2 heterocycles. The molecular weight excluding hydrogens is 600 g/mol. The lowest BCUT2D eigenvalue weighted by Gasteiger charge is -2.22. The number of anilines is 3. The molecule has 9 nitrogen and oxygen atoms in total. The zero-order valence-electron chi connectivity index (χ0n) is 23.0. The minimum Gasteiger partial charge on any atom is -0.373 e. The van der Waals surface area contributed by atoms with Crippen LogP contribution in [0.2, 0.25) is 10.0 Å². The molecular formula is C29H24Cl2FN7O2S. The highest BCUT2D eigenvalue weighted by molar-refractivity contribution is 7.91. The van der Waals surface area contributed by atoms with Crippen LogP contribution in [-0.4, -0.2) is 30.7 Å². The Morgan fingerprint density at radius 2 is 1.95 bits per heavy atom.